The number of nitrogens with zero attached hydrogens (tertiary/aromatic N) is 3. The summed E-state index contributed by atoms with van der Waals surface area (Å²) in [5.41, 5.74) is 3.39. The fourth-order valence-electron chi connectivity index (χ4n) is 2.41. The summed E-state index contributed by atoms with van der Waals surface area (Å²) in [6, 6.07) is 10.4. The van der Waals surface area contributed by atoms with Crippen molar-refractivity contribution in [1.82, 2.24) is 15.1 Å². The summed E-state index contributed by atoms with van der Waals surface area (Å²) in [6.45, 7) is 4.67. The second-order valence-corrected chi connectivity index (χ2v) is 6.49. The molecule has 0 atom stereocenters. The lowest BCUT2D eigenvalue weighted by Crippen LogP contribution is -2.07. The first-order chi connectivity index (χ1) is 11.7. The van der Waals surface area contributed by atoms with Crippen LogP contribution in [0.25, 0.3) is 0 Å². The lowest BCUT2D eigenvalue weighted by atomic mass is 10.1. The van der Waals surface area contributed by atoms with Gasteiger partial charge in [-0.25, -0.2) is 4.98 Å². The van der Waals surface area contributed by atoms with E-state index in [0.29, 0.717) is 0 Å². The predicted octanol–water partition coefficient (Wildman–Crippen LogP) is 4.03. The number of rotatable bonds is 7. The lowest BCUT2D eigenvalue weighted by molar-refractivity contribution is 0.392. The van der Waals surface area contributed by atoms with Crippen molar-refractivity contribution in [2.75, 3.05) is 11.9 Å². The van der Waals surface area contributed by atoms with Crippen LogP contribution < -0.4 is 5.32 Å². The largest absolute Gasteiger partial charge is 0.368 e. The van der Waals surface area contributed by atoms with E-state index < -0.39 is 0 Å². The molecule has 0 radical (unpaired) electrons. The Kier molecular flexibility index (Phi) is 5.48. The number of aryl methyl sites for hydroxylation is 2. The highest BCUT2D eigenvalue weighted by molar-refractivity contribution is 7.98. The van der Waals surface area contributed by atoms with Gasteiger partial charge in [-0.1, -0.05) is 35.5 Å². The monoisotopic (exact) mass is 340 g/mol. The van der Waals surface area contributed by atoms with Gasteiger partial charge in [0, 0.05) is 17.9 Å². The third kappa shape index (κ3) is 4.35. The molecule has 2 aromatic heterocycles. The normalized spacial score (nSPS) is 10.8. The number of thioether (sulfide) groups is 1. The summed E-state index contributed by atoms with van der Waals surface area (Å²) in [6.07, 6.45) is 4.40. The van der Waals surface area contributed by atoms with Gasteiger partial charge in [-0.2, -0.15) is 0 Å². The van der Waals surface area contributed by atoms with E-state index in [4.69, 9.17) is 4.52 Å². The van der Waals surface area contributed by atoms with Crippen LogP contribution in [0, 0.1) is 13.8 Å². The summed E-state index contributed by atoms with van der Waals surface area (Å²) in [4.78, 5) is 8.87. The van der Waals surface area contributed by atoms with Crippen molar-refractivity contribution in [2.45, 2.75) is 31.0 Å². The number of nitrogens with one attached hydrogen (secondary N) is 1. The summed E-state index contributed by atoms with van der Waals surface area (Å²) in [7, 11) is 0. The Balaban J connectivity index is 1.53. The van der Waals surface area contributed by atoms with Crippen LogP contribution in [0.3, 0.4) is 0 Å². The van der Waals surface area contributed by atoms with Gasteiger partial charge in [0.1, 0.15) is 16.6 Å². The van der Waals surface area contributed by atoms with E-state index in [0.717, 1.165) is 46.6 Å². The zero-order valence-electron chi connectivity index (χ0n) is 13.8. The Hall–Kier alpha value is -2.34. The zero-order valence-corrected chi connectivity index (χ0v) is 14.6. The SMILES string of the molecule is Cc1noc(C)c1CCNc1cncc(SCc2ccccc2)n1. The van der Waals surface area contributed by atoms with Gasteiger partial charge in [0.25, 0.3) is 0 Å². The van der Waals surface area contributed by atoms with E-state index in [1.165, 1.54) is 5.56 Å². The maximum Gasteiger partial charge on any atom is 0.145 e. The first-order valence-corrected chi connectivity index (χ1v) is 8.85. The first kappa shape index (κ1) is 16.5. The van der Waals surface area contributed by atoms with E-state index in [9.17, 15) is 0 Å². The van der Waals surface area contributed by atoms with Crippen LogP contribution in [0.15, 0.2) is 52.3 Å². The van der Waals surface area contributed by atoms with Gasteiger partial charge in [0.05, 0.1) is 18.1 Å². The fourth-order valence-corrected chi connectivity index (χ4v) is 3.21. The molecule has 6 heteroatoms. The third-order valence-corrected chi connectivity index (χ3v) is 4.67. The van der Waals surface area contributed by atoms with Crippen LogP contribution in [-0.2, 0) is 12.2 Å². The van der Waals surface area contributed by atoms with Crippen LogP contribution in [0.2, 0.25) is 0 Å². The molecular formula is C18H20N4OS. The molecule has 5 nitrogen and oxygen atoms in total. The quantitative estimate of drug-likeness (QED) is 0.655. The molecule has 0 aliphatic rings. The molecule has 2 heterocycles. The van der Waals surface area contributed by atoms with E-state index in [1.807, 2.05) is 32.0 Å². The van der Waals surface area contributed by atoms with Gasteiger partial charge in [-0.15, -0.1) is 11.8 Å². The average molecular weight is 340 g/mol. The maximum absolute atomic E-state index is 5.18. The maximum atomic E-state index is 5.18. The average Bonchev–Trinajstić information content (AvgIpc) is 2.93. The Morgan fingerprint density at radius 1 is 1.12 bits per heavy atom. The number of aromatic nitrogens is 3. The van der Waals surface area contributed by atoms with E-state index in [1.54, 1.807) is 24.2 Å². The minimum Gasteiger partial charge on any atom is -0.368 e. The molecule has 0 unspecified atom stereocenters. The smallest absolute Gasteiger partial charge is 0.145 e. The zero-order chi connectivity index (χ0) is 16.8. The van der Waals surface area contributed by atoms with E-state index in [-0.39, 0.29) is 0 Å². The van der Waals surface area contributed by atoms with Gasteiger partial charge in [0.15, 0.2) is 0 Å². The summed E-state index contributed by atoms with van der Waals surface area (Å²) in [5.74, 6) is 2.56. The van der Waals surface area contributed by atoms with Gasteiger partial charge in [0.2, 0.25) is 0 Å². The van der Waals surface area contributed by atoms with Crippen LogP contribution in [0.4, 0.5) is 5.82 Å². The van der Waals surface area contributed by atoms with Crippen LogP contribution in [-0.4, -0.2) is 21.7 Å². The van der Waals surface area contributed by atoms with Crippen molar-refractivity contribution in [1.29, 1.82) is 0 Å². The molecule has 1 aromatic carbocycles. The highest BCUT2D eigenvalue weighted by Crippen LogP contribution is 2.21. The summed E-state index contributed by atoms with van der Waals surface area (Å²) >= 11 is 1.69. The molecule has 0 saturated heterocycles. The van der Waals surface area contributed by atoms with Crippen molar-refractivity contribution >= 4 is 17.6 Å². The Bertz CT molecular complexity index is 769. The topological polar surface area (TPSA) is 63.8 Å². The fraction of sp³-hybridized carbons (Fsp3) is 0.278. The number of benzene rings is 1. The molecule has 3 rings (SSSR count). The second kappa shape index (κ2) is 7.97. The molecule has 0 spiro atoms. The molecule has 124 valence electrons. The van der Waals surface area contributed by atoms with Gasteiger partial charge in [-0.3, -0.25) is 4.98 Å². The number of hydrogen-bond donors (Lipinski definition) is 1. The van der Waals surface area contributed by atoms with E-state index in [2.05, 4.69) is 32.6 Å². The van der Waals surface area contributed by atoms with Gasteiger partial charge >= 0.3 is 0 Å². The van der Waals surface area contributed by atoms with Gasteiger partial charge in [-0.05, 0) is 25.8 Å². The highest BCUT2D eigenvalue weighted by Gasteiger charge is 2.08. The van der Waals surface area contributed by atoms with Crippen molar-refractivity contribution < 1.29 is 4.52 Å². The van der Waals surface area contributed by atoms with E-state index >= 15 is 0 Å². The third-order valence-electron chi connectivity index (χ3n) is 3.70. The van der Waals surface area contributed by atoms with Crippen LogP contribution in [0.5, 0.6) is 0 Å². The minimum absolute atomic E-state index is 0.768. The molecule has 0 amide bonds. The van der Waals surface area contributed by atoms with Crippen molar-refractivity contribution in [3.63, 3.8) is 0 Å². The van der Waals surface area contributed by atoms with Crippen molar-refractivity contribution in [3.8, 4) is 0 Å². The number of anilines is 1. The molecule has 0 fully saturated rings. The molecular weight excluding hydrogens is 320 g/mol. The lowest BCUT2D eigenvalue weighted by Gasteiger charge is -2.07. The van der Waals surface area contributed by atoms with Crippen LogP contribution in [0.1, 0.15) is 22.6 Å². The Morgan fingerprint density at radius 3 is 2.71 bits per heavy atom. The summed E-state index contributed by atoms with van der Waals surface area (Å²) in [5, 5.41) is 8.21. The molecule has 3 aromatic rings. The molecule has 0 aliphatic carbocycles. The molecule has 0 bridgehead atoms. The predicted molar refractivity (Wildman–Crippen MR) is 96.2 cm³/mol. The van der Waals surface area contributed by atoms with Gasteiger partial charge < -0.3 is 9.84 Å². The highest BCUT2D eigenvalue weighted by atomic mass is 32.2. The molecule has 0 saturated carbocycles. The summed E-state index contributed by atoms with van der Waals surface area (Å²) < 4.78 is 5.18. The molecule has 24 heavy (non-hydrogen) atoms. The standard InChI is InChI=1S/C18H20N4OS/c1-13-16(14(2)23-22-13)8-9-20-17-10-19-11-18(21-17)24-12-15-6-4-3-5-7-15/h3-7,10-11H,8-9,12H2,1-2H3,(H,20,21). The van der Waals surface area contributed by atoms with Crippen molar-refractivity contribution in [3.05, 3.63) is 65.3 Å². The van der Waals surface area contributed by atoms with Crippen molar-refractivity contribution in [2.24, 2.45) is 0 Å². The van der Waals surface area contributed by atoms with Crippen LogP contribution >= 0.6 is 11.8 Å². The first-order valence-electron chi connectivity index (χ1n) is 7.87. The minimum atomic E-state index is 0.768. The number of hydrogen-bond acceptors (Lipinski definition) is 6. The Labute approximate surface area is 145 Å². The molecule has 0 aliphatic heterocycles. The molecule has 1 N–H and O–H groups in total. The Morgan fingerprint density at radius 2 is 1.96 bits per heavy atom. The second-order valence-electron chi connectivity index (χ2n) is 5.50.